The molecule has 0 spiro atoms. The predicted molar refractivity (Wildman–Crippen MR) is 75.2 cm³/mol. The molecule has 3 N–H and O–H groups in total. The maximum atomic E-state index is 11.4. The zero-order valence-corrected chi connectivity index (χ0v) is 12.0. The molecular formula is C15H19NO5. The van der Waals surface area contributed by atoms with Gasteiger partial charge in [-0.2, -0.15) is 0 Å². The van der Waals surface area contributed by atoms with Gasteiger partial charge in [-0.3, -0.25) is 4.79 Å². The Morgan fingerprint density at radius 2 is 1.81 bits per heavy atom. The highest BCUT2D eigenvalue weighted by molar-refractivity contribution is 5.79. The molecule has 0 amide bonds. The van der Waals surface area contributed by atoms with Gasteiger partial charge in [0.05, 0.1) is 20.3 Å². The highest BCUT2D eigenvalue weighted by Crippen LogP contribution is 2.49. The Bertz CT molecular complexity index is 547. The third kappa shape index (κ3) is 2.19. The minimum Gasteiger partial charge on any atom is -0.493 e. The first-order valence-electron chi connectivity index (χ1n) is 7.14. The van der Waals surface area contributed by atoms with Crippen LogP contribution in [0.25, 0.3) is 0 Å². The molecule has 0 aliphatic carbocycles. The van der Waals surface area contributed by atoms with E-state index in [0.29, 0.717) is 36.0 Å². The first-order chi connectivity index (χ1) is 10.1. The van der Waals surface area contributed by atoms with Gasteiger partial charge >= 0.3 is 5.97 Å². The number of benzene rings is 1. The van der Waals surface area contributed by atoms with E-state index in [9.17, 15) is 9.90 Å². The molecule has 0 bridgehead atoms. The van der Waals surface area contributed by atoms with E-state index in [4.69, 9.17) is 19.9 Å². The number of hydrogen-bond acceptors (Lipinski definition) is 5. The van der Waals surface area contributed by atoms with E-state index in [2.05, 4.69) is 0 Å². The lowest BCUT2D eigenvalue weighted by Gasteiger charge is -2.30. The van der Waals surface area contributed by atoms with Crippen molar-refractivity contribution >= 4 is 5.97 Å². The third-order valence-electron chi connectivity index (χ3n) is 4.01. The molecule has 0 aromatic heterocycles. The molecule has 1 aromatic carbocycles. The van der Waals surface area contributed by atoms with E-state index in [1.54, 1.807) is 7.11 Å². The average Bonchev–Trinajstić information content (AvgIpc) is 2.51. The fourth-order valence-electron chi connectivity index (χ4n) is 3.11. The van der Waals surface area contributed by atoms with Crippen LogP contribution < -0.4 is 19.9 Å². The van der Waals surface area contributed by atoms with Crippen LogP contribution in [0.4, 0.5) is 0 Å². The predicted octanol–water partition coefficient (Wildman–Crippen LogP) is 1.43. The van der Waals surface area contributed by atoms with Gasteiger partial charge in [-0.1, -0.05) is 0 Å². The van der Waals surface area contributed by atoms with E-state index in [0.717, 1.165) is 36.8 Å². The van der Waals surface area contributed by atoms with E-state index in [-0.39, 0.29) is 0 Å². The molecule has 6 nitrogen and oxygen atoms in total. The summed E-state index contributed by atoms with van der Waals surface area (Å²) in [5.41, 5.74) is 8.14. The molecule has 6 heteroatoms. The van der Waals surface area contributed by atoms with Crippen LogP contribution in [0.2, 0.25) is 0 Å². The number of methoxy groups -OCH3 is 1. The highest BCUT2D eigenvalue weighted by atomic mass is 16.5. The number of carboxylic acid groups (broad SMARTS) is 1. The van der Waals surface area contributed by atoms with Crippen molar-refractivity contribution in [1.82, 2.24) is 0 Å². The Balaban J connectivity index is 2.28. The number of carboxylic acids is 1. The molecular weight excluding hydrogens is 274 g/mol. The molecule has 1 atom stereocenters. The first-order valence-corrected chi connectivity index (χ1v) is 7.14. The van der Waals surface area contributed by atoms with Crippen molar-refractivity contribution < 1.29 is 24.1 Å². The molecule has 2 aliphatic heterocycles. The van der Waals surface area contributed by atoms with Crippen LogP contribution in [0.1, 0.15) is 35.6 Å². The normalized spacial score (nSPS) is 17.8. The Hall–Kier alpha value is -1.95. The Labute approximate surface area is 122 Å². The van der Waals surface area contributed by atoms with Crippen LogP contribution >= 0.6 is 0 Å². The maximum Gasteiger partial charge on any atom is 0.325 e. The van der Waals surface area contributed by atoms with Crippen molar-refractivity contribution in [3.05, 3.63) is 16.7 Å². The van der Waals surface area contributed by atoms with Crippen molar-refractivity contribution in [2.24, 2.45) is 5.73 Å². The van der Waals surface area contributed by atoms with Crippen molar-refractivity contribution in [2.75, 3.05) is 20.3 Å². The average molecular weight is 293 g/mol. The van der Waals surface area contributed by atoms with Gasteiger partial charge in [-0.05, 0) is 25.7 Å². The number of aliphatic carboxylic acids is 1. The summed E-state index contributed by atoms with van der Waals surface area (Å²) in [6.07, 6.45) is 3.19. The minimum atomic E-state index is -1.11. The molecule has 0 saturated heterocycles. The monoisotopic (exact) mass is 293 g/mol. The highest BCUT2D eigenvalue weighted by Gasteiger charge is 2.34. The maximum absolute atomic E-state index is 11.4. The largest absolute Gasteiger partial charge is 0.493 e. The van der Waals surface area contributed by atoms with Gasteiger partial charge in [0.25, 0.3) is 0 Å². The third-order valence-corrected chi connectivity index (χ3v) is 4.01. The molecule has 2 heterocycles. The van der Waals surface area contributed by atoms with Gasteiger partial charge in [0.15, 0.2) is 11.5 Å². The van der Waals surface area contributed by atoms with E-state index < -0.39 is 12.0 Å². The number of rotatable bonds is 3. The fraction of sp³-hybridized carbons (Fsp3) is 0.533. The molecule has 3 rings (SSSR count). The van der Waals surface area contributed by atoms with Gasteiger partial charge in [-0.25, -0.2) is 0 Å². The zero-order valence-electron chi connectivity index (χ0n) is 12.0. The van der Waals surface area contributed by atoms with Crippen LogP contribution in [-0.2, 0) is 17.6 Å². The smallest absolute Gasteiger partial charge is 0.325 e. The van der Waals surface area contributed by atoms with Crippen molar-refractivity contribution in [1.29, 1.82) is 0 Å². The molecule has 1 unspecified atom stereocenters. The number of nitrogens with two attached hydrogens (primary N) is 1. The van der Waals surface area contributed by atoms with Gasteiger partial charge in [0.1, 0.15) is 11.8 Å². The summed E-state index contributed by atoms with van der Waals surface area (Å²) in [6, 6.07) is -1.11. The topological polar surface area (TPSA) is 91.0 Å². The minimum absolute atomic E-state index is 0.549. The van der Waals surface area contributed by atoms with E-state index in [1.807, 2.05) is 0 Å². The molecule has 114 valence electrons. The van der Waals surface area contributed by atoms with Crippen LogP contribution in [0.3, 0.4) is 0 Å². The van der Waals surface area contributed by atoms with Crippen LogP contribution in [0.5, 0.6) is 17.2 Å². The Morgan fingerprint density at radius 1 is 1.19 bits per heavy atom. The SMILES string of the molecule is COc1c2c(c(C(N)C(=O)O)c3c1OCCC3)OCCC2. The molecule has 21 heavy (non-hydrogen) atoms. The van der Waals surface area contributed by atoms with Gasteiger partial charge in [-0.15, -0.1) is 0 Å². The number of ether oxygens (including phenoxy) is 3. The fourth-order valence-corrected chi connectivity index (χ4v) is 3.11. The number of carbonyl (C=O) groups is 1. The second-order valence-electron chi connectivity index (χ2n) is 5.28. The number of fused-ring (bicyclic) bond motifs is 2. The van der Waals surface area contributed by atoms with Gasteiger partial charge in [0.2, 0.25) is 0 Å². The summed E-state index contributed by atoms with van der Waals surface area (Å²) in [5, 5.41) is 9.31. The Kier molecular flexibility index (Phi) is 3.63. The standard InChI is InChI=1S/C15H19NO5/c1-19-13-9-5-3-6-20-12(9)10(11(16)15(17)18)8-4-2-7-21-14(8)13/h11H,2-7,16H2,1H3,(H,17,18). The first kappa shape index (κ1) is 14.0. The van der Waals surface area contributed by atoms with Crippen LogP contribution in [0.15, 0.2) is 0 Å². The lowest BCUT2D eigenvalue weighted by Crippen LogP contribution is -2.27. The lowest BCUT2D eigenvalue weighted by molar-refractivity contribution is -0.138. The van der Waals surface area contributed by atoms with Gasteiger partial charge < -0.3 is 25.1 Å². The molecule has 0 radical (unpaired) electrons. The second-order valence-corrected chi connectivity index (χ2v) is 5.28. The quantitative estimate of drug-likeness (QED) is 0.876. The van der Waals surface area contributed by atoms with Crippen molar-refractivity contribution in [3.8, 4) is 17.2 Å². The summed E-state index contributed by atoms with van der Waals surface area (Å²) in [7, 11) is 1.60. The number of hydrogen-bond donors (Lipinski definition) is 2. The molecule has 2 aliphatic rings. The molecule has 0 fully saturated rings. The van der Waals surface area contributed by atoms with Crippen molar-refractivity contribution in [3.63, 3.8) is 0 Å². The second kappa shape index (κ2) is 5.44. The molecule has 0 saturated carbocycles. The van der Waals surface area contributed by atoms with E-state index in [1.165, 1.54) is 0 Å². The van der Waals surface area contributed by atoms with Crippen LogP contribution in [-0.4, -0.2) is 31.4 Å². The lowest BCUT2D eigenvalue weighted by atomic mass is 9.88. The summed E-state index contributed by atoms with van der Waals surface area (Å²) in [5.74, 6) is 0.821. The van der Waals surface area contributed by atoms with Crippen LogP contribution in [0, 0.1) is 0 Å². The molecule has 1 aromatic rings. The van der Waals surface area contributed by atoms with Gasteiger partial charge in [0, 0.05) is 16.7 Å². The summed E-state index contributed by atoms with van der Waals surface area (Å²) < 4.78 is 17.0. The summed E-state index contributed by atoms with van der Waals surface area (Å²) in [4.78, 5) is 11.4. The Morgan fingerprint density at radius 3 is 2.43 bits per heavy atom. The van der Waals surface area contributed by atoms with Crippen molar-refractivity contribution in [2.45, 2.75) is 31.7 Å². The summed E-state index contributed by atoms with van der Waals surface area (Å²) >= 11 is 0. The summed E-state index contributed by atoms with van der Waals surface area (Å²) in [6.45, 7) is 1.17. The zero-order chi connectivity index (χ0) is 15.0. The van der Waals surface area contributed by atoms with E-state index >= 15 is 0 Å².